The zero-order valence-electron chi connectivity index (χ0n) is 13.7. The quantitative estimate of drug-likeness (QED) is 0.783. The Kier molecular flexibility index (Phi) is 5.03. The number of para-hydroxylation sites is 1. The van der Waals surface area contributed by atoms with E-state index in [0.29, 0.717) is 13.4 Å². The van der Waals surface area contributed by atoms with Crippen LogP contribution in [0.15, 0.2) is 42.5 Å². The molecule has 3 rings (SSSR count). The lowest BCUT2D eigenvalue weighted by atomic mass is 10.1. The molecule has 2 aromatic carbocycles. The number of benzene rings is 2. The van der Waals surface area contributed by atoms with Crippen molar-refractivity contribution in [3.63, 3.8) is 0 Å². The zero-order chi connectivity index (χ0) is 16.1. The monoisotopic (exact) mass is 313 g/mol. The summed E-state index contributed by atoms with van der Waals surface area (Å²) in [6, 6.07) is 14.2. The van der Waals surface area contributed by atoms with Crippen molar-refractivity contribution in [2.45, 2.75) is 19.4 Å². The lowest BCUT2D eigenvalue weighted by Crippen LogP contribution is -2.13. The fourth-order valence-electron chi connectivity index (χ4n) is 2.63. The third-order valence-corrected chi connectivity index (χ3v) is 3.86. The van der Waals surface area contributed by atoms with Gasteiger partial charge in [0.05, 0.1) is 0 Å². The van der Waals surface area contributed by atoms with Crippen LogP contribution in [0.25, 0.3) is 0 Å². The lowest BCUT2D eigenvalue weighted by molar-refractivity contribution is 0.174. The summed E-state index contributed by atoms with van der Waals surface area (Å²) in [4.78, 5) is 2.20. The molecule has 0 radical (unpaired) electrons. The van der Waals surface area contributed by atoms with Crippen LogP contribution in [-0.4, -0.2) is 32.3 Å². The van der Waals surface area contributed by atoms with E-state index in [0.717, 1.165) is 42.2 Å². The van der Waals surface area contributed by atoms with Gasteiger partial charge in [0, 0.05) is 0 Å². The van der Waals surface area contributed by atoms with E-state index in [4.69, 9.17) is 14.2 Å². The van der Waals surface area contributed by atoms with Gasteiger partial charge in [-0.05, 0) is 62.8 Å². The minimum Gasteiger partial charge on any atom is -0.489 e. The second kappa shape index (κ2) is 7.38. The molecular weight excluding hydrogens is 290 g/mol. The van der Waals surface area contributed by atoms with Gasteiger partial charge in [-0.1, -0.05) is 24.3 Å². The predicted molar refractivity (Wildman–Crippen MR) is 90.2 cm³/mol. The summed E-state index contributed by atoms with van der Waals surface area (Å²) >= 11 is 0. The van der Waals surface area contributed by atoms with Crippen LogP contribution in [0.4, 0.5) is 0 Å². The third kappa shape index (κ3) is 4.17. The van der Waals surface area contributed by atoms with Gasteiger partial charge in [0.2, 0.25) is 6.79 Å². The summed E-state index contributed by atoms with van der Waals surface area (Å²) in [5, 5.41) is 0. The van der Waals surface area contributed by atoms with Crippen molar-refractivity contribution in [3.05, 3.63) is 53.6 Å². The van der Waals surface area contributed by atoms with Gasteiger partial charge in [-0.25, -0.2) is 0 Å². The first kappa shape index (κ1) is 15.7. The molecule has 4 nitrogen and oxygen atoms in total. The standard InChI is InChI=1S/C19H23NO3/c1-20(2)11-5-7-16-6-3-4-8-17(16)21-13-15-9-10-18-19(12-15)23-14-22-18/h3-4,6,8-10,12H,5,7,11,13-14H2,1-2H3. The normalized spacial score (nSPS) is 12.7. The molecule has 1 aliphatic rings. The second-order valence-electron chi connectivity index (χ2n) is 5.99. The van der Waals surface area contributed by atoms with E-state index >= 15 is 0 Å². The number of fused-ring (bicyclic) bond motifs is 1. The van der Waals surface area contributed by atoms with E-state index in [1.165, 1.54) is 5.56 Å². The van der Waals surface area contributed by atoms with Crippen LogP contribution in [0.3, 0.4) is 0 Å². The molecule has 0 bridgehead atoms. The van der Waals surface area contributed by atoms with Crippen LogP contribution in [0.1, 0.15) is 17.5 Å². The Morgan fingerprint density at radius 2 is 1.87 bits per heavy atom. The van der Waals surface area contributed by atoms with Gasteiger partial charge in [0.1, 0.15) is 12.4 Å². The number of rotatable bonds is 7. The fraction of sp³-hybridized carbons (Fsp3) is 0.368. The minimum atomic E-state index is 0.300. The molecule has 1 aliphatic heterocycles. The van der Waals surface area contributed by atoms with Gasteiger partial charge in [0.15, 0.2) is 11.5 Å². The third-order valence-electron chi connectivity index (χ3n) is 3.86. The van der Waals surface area contributed by atoms with Crippen molar-refractivity contribution >= 4 is 0 Å². The van der Waals surface area contributed by atoms with Crippen molar-refractivity contribution in [2.24, 2.45) is 0 Å². The number of hydrogen-bond donors (Lipinski definition) is 0. The molecular formula is C19H23NO3. The van der Waals surface area contributed by atoms with Crippen molar-refractivity contribution in [1.82, 2.24) is 4.90 Å². The molecule has 0 amide bonds. The van der Waals surface area contributed by atoms with E-state index in [1.807, 2.05) is 30.3 Å². The Morgan fingerprint density at radius 3 is 2.74 bits per heavy atom. The van der Waals surface area contributed by atoms with Crippen LogP contribution in [0.2, 0.25) is 0 Å². The predicted octanol–water partition coefficient (Wildman–Crippen LogP) is 3.49. The highest BCUT2D eigenvalue weighted by molar-refractivity contribution is 5.44. The highest BCUT2D eigenvalue weighted by Gasteiger charge is 2.13. The van der Waals surface area contributed by atoms with Crippen LogP contribution in [-0.2, 0) is 13.0 Å². The first-order valence-electron chi connectivity index (χ1n) is 7.96. The maximum absolute atomic E-state index is 6.03. The van der Waals surface area contributed by atoms with E-state index in [1.54, 1.807) is 0 Å². The summed E-state index contributed by atoms with van der Waals surface area (Å²) in [5.74, 6) is 2.56. The highest BCUT2D eigenvalue weighted by atomic mass is 16.7. The van der Waals surface area contributed by atoms with Crippen LogP contribution in [0, 0.1) is 0 Å². The van der Waals surface area contributed by atoms with Gasteiger partial charge < -0.3 is 19.1 Å². The van der Waals surface area contributed by atoms with E-state index < -0.39 is 0 Å². The molecule has 2 aromatic rings. The molecule has 0 saturated carbocycles. The Bertz CT molecular complexity index is 655. The number of ether oxygens (including phenoxy) is 3. The van der Waals surface area contributed by atoms with E-state index in [9.17, 15) is 0 Å². The molecule has 0 saturated heterocycles. The topological polar surface area (TPSA) is 30.9 Å². The van der Waals surface area contributed by atoms with Gasteiger partial charge >= 0.3 is 0 Å². The largest absolute Gasteiger partial charge is 0.489 e. The second-order valence-corrected chi connectivity index (χ2v) is 5.99. The Morgan fingerprint density at radius 1 is 1.04 bits per heavy atom. The SMILES string of the molecule is CN(C)CCCc1ccccc1OCc1ccc2c(c1)OCO2. The molecule has 23 heavy (non-hydrogen) atoms. The Balaban J connectivity index is 1.61. The summed E-state index contributed by atoms with van der Waals surface area (Å²) in [5.41, 5.74) is 2.34. The van der Waals surface area contributed by atoms with Gasteiger partial charge in [-0.2, -0.15) is 0 Å². The Hall–Kier alpha value is -2.20. The van der Waals surface area contributed by atoms with Gasteiger partial charge in [0.25, 0.3) is 0 Å². The minimum absolute atomic E-state index is 0.300. The molecule has 0 spiro atoms. The number of nitrogens with zero attached hydrogens (tertiary/aromatic N) is 1. The summed E-state index contributed by atoms with van der Waals surface area (Å²) < 4.78 is 16.8. The average molecular weight is 313 g/mol. The maximum atomic E-state index is 6.03. The molecule has 0 N–H and O–H groups in total. The summed E-state index contributed by atoms with van der Waals surface area (Å²) in [7, 11) is 4.20. The van der Waals surface area contributed by atoms with Crippen molar-refractivity contribution in [2.75, 3.05) is 27.4 Å². The van der Waals surface area contributed by atoms with Crippen LogP contribution >= 0.6 is 0 Å². The van der Waals surface area contributed by atoms with Crippen molar-refractivity contribution in [3.8, 4) is 17.2 Å². The maximum Gasteiger partial charge on any atom is 0.231 e. The van der Waals surface area contributed by atoms with Crippen molar-refractivity contribution < 1.29 is 14.2 Å². The molecule has 0 aliphatic carbocycles. The summed E-state index contributed by atoms with van der Waals surface area (Å²) in [6.45, 7) is 1.91. The number of aryl methyl sites for hydroxylation is 1. The summed E-state index contributed by atoms with van der Waals surface area (Å²) in [6.07, 6.45) is 2.15. The highest BCUT2D eigenvalue weighted by Crippen LogP contribution is 2.33. The first-order valence-corrected chi connectivity index (χ1v) is 7.96. The van der Waals surface area contributed by atoms with Crippen LogP contribution in [0.5, 0.6) is 17.2 Å². The van der Waals surface area contributed by atoms with Crippen LogP contribution < -0.4 is 14.2 Å². The van der Waals surface area contributed by atoms with E-state index in [-0.39, 0.29) is 0 Å². The van der Waals surface area contributed by atoms with Crippen molar-refractivity contribution in [1.29, 1.82) is 0 Å². The van der Waals surface area contributed by atoms with Gasteiger partial charge in [-0.15, -0.1) is 0 Å². The zero-order valence-corrected chi connectivity index (χ0v) is 13.7. The van der Waals surface area contributed by atoms with E-state index in [2.05, 4.69) is 31.1 Å². The molecule has 122 valence electrons. The first-order chi connectivity index (χ1) is 11.2. The average Bonchev–Trinajstić information content (AvgIpc) is 3.01. The smallest absolute Gasteiger partial charge is 0.231 e. The Labute approximate surface area is 137 Å². The molecule has 0 unspecified atom stereocenters. The number of hydrogen-bond acceptors (Lipinski definition) is 4. The lowest BCUT2D eigenvalue weighted by Gasteiger charge is -2.13. The van der Waals surface area contributed by atoms with Gasteiger partial charge in [-0.3, -0.25) is 0 Å². The molecule has 0 atom stereocenters. The molecule has 0 aromatic heterocycles. The molecule has 4 heteroatoms. The molecule has 1 heterocycles. The molecule has 0 fully saturated rings. The fourth-order valence-corrected chi connectivity index (χ4v) is 2.63.